The van der Waals surface area contributed by atoms with Crippen molar-refractivity contribution in [2.45, 2.75) is 31.3 Å². The first-order valence-corrected chi connectivity index (χ1v) is 11.5. The van der Waals surface area contributed by atoms with Gasteiger partial charge in [-0.25, -0.2) is 14.4 Å². The van der Waals surface area contributed by atoms with E-state index in [1.165, 1.54) is 17.1 Å². The molecule has 0 aliphatic carbocycles. The predicted octanol–water partition coefficient (Wildman–Crippen LogP) is 3.29. The fourth-order valence-corrected chi connectivity index (χ4v) is 5.08. The zero-order valence-electron chi connectivity index (χ0n) is 19.5. The summed E-state index contributed by atoms with van der Waals surface area (Å²) in [6.45, 7) is 0.656. The van der Waals surface area contributed by atoms with Crippen LogP contribution in [0.3, 0.4) is 0 Å². The van der Waals surface area contributed by atoms with E-state index in [0.29, 0.717) is 35.9 Å². The molecule has 1 amide bonds. The molecular formula is C24H21F4N7O2. The SMILES string of the molecule is Cn1ncc2c(N)nc3cc(F)c(C(=O)N(Cc4ccc(C(F)(F)F)cn4)N4C[C@H]5C[C@@H]4CO5)cc3c21. The summed E-state index contributed by atoms with van der Waals surface area (Å²) >= 11 is 0. The molecule has 2 aliphatic heterocycles. The van der Waals surface area contributed by atoms with Gasteiger partial charge in [0.1, 0.15) is 11.6 Å². The number of pyridine rings is 2. The maximum atomic E-state index is 15.4. The van der Waals surface area contributed by atoms with Crippen molar-refractivity contribution in [3.63, 3.8) is 0 Å². The van der Waals surface area contributed by atoms with E-state index in [1.807, 2.05) is 0 Å². The highest BCUT2D eigenvalue weighted by atomic mass is 19.4. The van der Waals surface area contributed by atoms with Gasteiger partial charge >= 0.3 is 6.18 Å². The number of hydrogen-bond acceptors (Lipinski definition) is 7. The second-order valence-corrected chi connectivity index (χ2v) is 9.24. The standard InChI is InChI=1S/C24H21F4N7O2/c1-33-21-17-5-16(19(25)6-20(17)32-22(29)18(21)8-31-33)23(36)35(34-10-15-4-14(34)11-37-15)9-13-3-2-12(7-30-13)24(26,27)28/h2-3,5-8,14-15H,4,9-11H2,1H3,(H2,29,32)/t14-,15-/m1/s1. The van der Waals surface area contributed by atoms with Gasteiger partial charge in [0.2, 0.25) is 0 Å². The molecule has 2 fully saturated rings. The summed E-state index contributed by atoms with van der Waals surface area (Å²) in [6, 6.07) is 4.59. The number of aromatic nitrogens is 4. The van der Waals surface area contributed by atoms with Crippen molar-refractivity contribution in [2.75, 3.05) is 18.9 Å². The first-order chi connectivity index (χ1) is 17.6. The van der Waals surface area contributed by atoms with Crippen molar-refractivity contribution in [1.29, 1.82) is 0 Å². The number of morpholine rings is 1. The smallest absolute Gasteiger partial charge is 0.383 e. The number of nitrogen functional groups attached to an aromatic ring is 1. The Morgan fingerprint density at radius 3 is 2.70 bits per heavy atom. The fraction of sp³-hybridized carbons (Fsp3) is 0.333. The molecule has 0 spiro atoms. The molecule has 13 heteroatoms. The number of fused-ring (bicyclic) bond motifs is 5. The van der Waals surface area contributed by atoms with Crippen molar-refractivity contribution in [3.8, 4) is 0 Å². The summed E-state index contributed by atoms with van der Waals surface area (Å²) < 4.78 is 61.6. The molecule has 9 nitrogen and oxygen atoms in total. The molecule has 4 aromatic rings. The Morgan fingerprint density at radius 2 is 2.05 bits per heavy atom. The van der Waals surface area contributed by atoms with E-state index in [2.05, 4.69) is 15.1 Å². The highest BCUT2D eigenvalue weighted by Gasteiger charge is 2.44. The number of amides is 1. The van der Waals surface area contributed by atoms with Gasteiger partial charge in [0.25, 0.3) is 5.91 Å². The molecule has 0 radical (unpaired) electrons. The minimum Gasteiger partial charge on any atom is -0.383 e. The Bertz CT molecular complexity index is 1540. The van der Waals surface area contributed by atoms with Crippen LogP contribution in [0, 0.1) is 5.82 Å². The summed E-state index contributed by atoms with van der Waals surface area (Å²) in [7, 11) is 1.70. The summed E-state index contributed by atoms with van der Waals surface area (Å²) in [4.78, 5) is 22.0. The molecule has 2 atom stereocenters. The van der Waals surface area contributed by atoms with E-state index < -0.39 is 23.5 Å². The molecule has 192 valence electrons. The summed E-state index contributed by atoms with van der Waals surface area (Å²) in [5, 5.41) is 8.41. The number of carbonyl (C=O) groups excluding carboxylic acids is 1. The van der Waals surface area contributed by atoms with Crippen LogP contribution in [0.1, 0.15) is 28.0 Å². The zero-order chi connectivity index (χ0) is 26.1. The van der Waals surface area contributed by atoms with Crippen LogP contribution in [0.2, 0.25) is 0 Å². The van der Waals surface area contributed by atoms with Gasteiger partial charge in [0.05, 0.1) is 64.7 Å². The number of nitrogens with two attached hydrogens (primary N) is 1. The molecule has 5 heterocycles. The minimum atomic E-state index is -4.53. The zero-order valence-corrected chi connectivity index (χ0v) is 19.5. The van der Waals surface area contributed by atoms with Gasteiger partial charge in [-0.05, 0) is 24.6 Å². The Hall–Kier alpha value is -3.84. The molecule has 0 saturated carbocycles. The van der Waals surface area contributed by atoms with Crippen molar-refractivity contribution in [2.24, 2.45) is 7.05 Å². The van der Waals surface area contributed by atoms with E-state index in [-0.39, 0.29) is 41.3 Å². The minimum absolute atomic E-state index is 0.0800. The number of alkyl halides is 3. The van der Waals surface area contributed by atoms with Gasteiger partial charge in [0, 0.05) is 31.2 Å². The Kier molecular flexibility index (Phi) is 5.31. The van der Waals surface area contributed by atoms with Gasteiger partial charge in [-0.2, -0.15) is 18.3 Å². The number of halogens is 4. The predicted molar refractivity (Wildman–Crippen MR) is 124 cm³/mol. The lowest BCUT2D eigenvalue weighted by atomic mass is 10.1. The third-order valence-electron chi connectivity index (χ3n) is 6.91. The fourth-order valence-electron chi connectivity index (χ4n) is 5.08. The monoisotopic (exact) mass is 515 g/mol. The highest BCUT2D eigenvalue weighted by molar-refractivity contribution is 6.10. The summed E-state index contributed by atoms with van der Waals surface area (Å²) in [5.74, 6) is -1.25. The number of aryl methyl sites for hydroxylation is 1. The van der Waals surface area contributed by atoms with E-state index in [1.54, 1.807) is 22.9 Å². The van der Waals surface area contributed by atoms with Gasteiger partial charge in [-0.3, -0.25) is 19.5 Å². The van der Waals surface area contributed by atoms with Crippen molar-refractivity contribution >= 4 is 33.5 Å². The molecule has 0 unspecified atom stereocenters. The molecule has 1 aromatic carbocycles. The van der Waals surface area contributed by atoms with E-state index in [0.717, 1.165) is 18.3 Å². The number of ether oxygens (including phenoxy) is 1. The topological polar surface area (TPSA) is 102 Å². The number of rotatable bonds is 4. The molecule has 2 bridgehead atoms. The molecule has 6 rings (SSSR count). The number of nitrogens with zero attached hydrogens (tertiary/aromatic N) is 6. The quantitative estimate of drug-likeness (QED) is 0.416. The number of hydrazine groups is 1. The van der Waals surface area contributed by atoms with Crippen molar-refractivity contribution < 1.29 is 27.1 Å². The number of benzene rings is 1. The Labute approximate surface area is 207 Å². The Balaban J connectivity index is 1.42. The van der Waals surface area contributed by atoms with Crippen LogP contribution in [0.25, 0.3) is 21.8 Å². The normalized spacial score (nSPS) is 19.8. The van der Waals surface area contributed by atoms with Crippen LogP contribution in [-0.2, 0) is 24.5 Å². The lowest BCUT2D eigenvalue weighted by Gasteiger charge is -2.37. The number of carbonyl (C=O) groups is 1. The van der Waals surface area contributed by atoms with Crippen LogP contribution in [0.15, 0.2) is 36.7 Å². The molecular weight excluding hydrogens is 494 g/mol. The van der Waals surface area contributed by atoms with Crippen molar-refractivity contribution in [3.05, 3.63) is 59.3 Å². The average Bonchev–Trinajstić information content (AvgIpc) is 3.58. The average molecular weight is 515 g/mol. The molecule has 37 heavy (non-hydrogen) atoms. The second kappa shape index (κ2) is 8.35. The molecule has 2 aliphatic rings. The molecule has 2 saturated heterocycles. The summed E-state index contributed by atoms with van der Waals surface area (Å²) in [5.41, 5.74) is 6.01. The van der Waals surface area contributed by atoms with Gasteiger partial charge in [-0.1, -0.05) is 0 Å². The molecule has 2 N–H and O–H groups in total. The summed E-state index contributed by atoms with van der Waals surface area (Å²) in [6.07, 6.45) is -1.64. The van der Waals surface area contributed by atoms with Gasteiger partial charge in [0.15, 0.2) is 0 Å². The third-order valence-corrected chi connectivity index (χ3v) is 6.91. The van der Waals surface area contributed by atoms with Crippen molar-refractivity contribution in [1.82, 2.24) is 29.8 Å². The highest BCUT2D eigenvalue weighted by Crippen LogP contribution is 2.34. The van der Waals surface area contributed by atoms with Gasteiger partial charge in [-0.15, -0.1) is 0 Å². The van der Waals surface area contributed by atoms with Gasteiger partial charge < -0.3 is 10.5 Å². The largest absolute Gasteiger partial charge is 0.417 e. The molecule has 3 aromatic heterocycles. The van der Waals surface area contributed by atoms with Crippen LogP contribution < -0.4 is 5.73 Å². The first kappa shape index (κ1) is 23.6. The lowest BCUT2D eigenvalue weighted by Crippen LogP contribution is -2.52. The maximum Gasteiger partial charge on any atom is 0.417 e. The number of anilines is 1. The van der Waals surface area contributed by atoms with E-state index >= 15 is 4.39 Å². The Morgan fingerprint density at radius 1 is 1.24 bits per heavy atom. The van der Waals surface area contributed by atoms with Crippen LogP contribution in [0.5, 0.6) is 0 Å². The van der Waals surface area contributed by atoms with Crippen LogP contribution >= 0.6 is 0 Å². The number of hydrogen-bond donors (Lipinski definition) is 1. The second-order valence-electron chi connectivity index (χ2n) is 9.24. The lowest BCUT2D eigenvalue weighted by molar-refractivity contribution is -0.137. The van der Waals surface area contributed by atoms with E-state index in [4.69, 9.17) is 10.5 Å². The van der Waals surface area contributed by atoms with E-state index in [9.17, 15) is 18.0 Å². The maximum absolute atomic E-state index is 15.4. The third kappa shape index (κ3) is 3.94. The first-order valence-electron chi connectivity index (χ1n) is 11.5. The van der Waals surface area contributed by atoms with Crippen LogP contribution in [0.4, 0.5) is 23.4 Å². The van der Waals surface area contributed by atoms with Crippen LogP contribution in [-0.4, -0.2) is 61.0 Å².